The van der Waals surface area contributed by atoms with Crippen molar-refractivity contribution in [3.05, 3.63) is 0 Å². The lowest BCUT2D eigenvalue weighted by molar-refractivity contribution is -0.148. The molecule has 1 unspecified atom stereocenters. The normalized spacial score (nSPS) is 19.7. The summed E-state index contributed by atoms with van der Waals surface area (Å²) in [6.45, 7) is 1.94. The van der Waals surface area contributed by atoms with E-state index in [1.807, 2.05) is 0 Å². The minimum atomic E-state index is -0.481. The Morgan fingerprint density at radius 1 is 1.39 bits per heavy atom. The highest BCUT2D eigenvalue weighted by Gasteiger charge is 2.31. The monoisotopic (exact) mass is 257 g/mol. The average Bonchev–Trinajstić information content (AvgIpc) is 2.42. The number of hydrogen-bond donors (Lipinski definition) is 2. The van der Waals surface area contributed by atoms with Crippen molar-refractivity contribution in [2.45, 2.75) is 31.7 Å². The van der Waals surface area contributed by atoms with Gasteiger partial charge in [-0.2, -0.15) is 0 Å². The van der Waals surface area contributed by atoms with E-state index < -0.39 is 6.04 Å². The number of amides is 2. The third-order valence-electron chi connectivity index (χ3n) is 3.09. The molecule has 1 aliphatic heterocycles. The minimum Gasteiger partial charge on any atom is -0.377 e. The number of likely N-dealkylation sites (N-methyl/N-ethyl adjacent to an activating group) is 1. The number of rotatable bonds is 6. The Kier molecular flexibility index (Phi) is 6.67. The minimum absolute atomic E-state index is 0.0314. The van der Waals surface area contributed by atoms with Crippen LogP contribution < -0.4 is 11.1 Å². The molecule has 6 heteroatoms. The molecular weight excluding hydrogens is 234 g/mol. The second kappa shape index (κ2) is 8.05. The van der Waals surface area contributed by atoms with Gasteiger partial charge < -0.3 is 20.7 Å². The molecule has 1 aliphatic rings. The maximum Gasteiger partial charge on any atom is 0.244 e. The van der Waals surface area contributed by atoms with Crippen LogP contribution >= 0.6 is 0 Å². The Morgan fingerprint density at radius 3 is 2.83 bits per heavy atom. The third kappa shape index (κ3) is 4.27. The predicted molar refractivity (Wildman–Crippen MR) is 67.9 cm³/mol. The smallest absolute Gasteiger partial charge is 0.244 e. The summed E-state index contributed by atoms with van der Waals surface area (Å²) in [7, 11) is 1.57. The SMILES string of the molecule is CNC(=O)C1COCCN1C(=O)CCCCCN. The second-order valence-corrected chi connectivity index (χ2v) is 4.39. The van der Waals surface area contributed by atoms with Crippen molar-refractivity contribution in [3.63, 3.8) is 0 Å². The second-order valence-electron chi connectivity index (χ2n) is 4.39. The van der Waals surface area contributed by atoms with Crippen LogP contribution in [0.4, 0.5) is 0 Å². The molecule has 1 saturated heterocycles. The van der Waals surface area contributed by atoms with Crippen LogP contribution in [0.2, 0.25) is 0 Å². The van der Waals surface area contributed by atoms with Crippen molar-refractivity contribution < 1.29 is 14.3 Å². The van der Waals surface area contributed by atoms with Gasteiger partial charge in [-0.25, -0.2) is 0 Å². The lowest BCUT2D eigenvalue weighted by Crippen LogP contribution is -2.55. The van der Waals surface area contributed by atoms with E-state index in [2.05, 4.69) is 5.32 Å². The Bertz CT molecular complexity index is 284. The van der Waals surface area contributed by atoms with Gasteiger partial charge in [0.15, 0.2) is 0 Å². The maximum atomic E-state index is 12.1. The number of morpholine rings is 1. The van der Waals surface area contributed by atoms with Crippen LogP contribution in [0.15, 0.2) is 0 Å². The molecule has 0 aromatic rings. The van der Waals surface area contributed by atoms with E-state index >= 15 is 0 Å². The first-order valence-electron chi connectivity index (χ1n) is 6.49. The zero-order valence-electron chi connectivity index (χ0n) is 11.0. The highest BCUT2D eigenvalue weighted by atomic mass is 16.5. The van der Waals surface area contributed by atoms with E-state index in [9.17, 15) is 9.59 Å². The van der Waals surface area contributed by atoms with Crippen LogP contribution in [-0.2, 0) is 14.3 Å². The third-order valence-corrected chi connectivity index (χ3v) is 3.09. The van der Waals surface area contributed by atoms with Crippen molar-refractivity contribution in [3.8, 4) is 0 Å². The molecule has 0 bridgehead atoms. The van der Waals surface area contributed by atoms with Gasteiger partial charge in [0.2, 0.25) is 11.8 Å². The molecule has 2 amide bonds. The summed E-state index contributed by atoms with van der Waals surface area (Å²) in [5, 5.41) is 2.57. The van der Waals surface area contributed by atoms with Gasteiger partial charge in [-0.15, -0.1) is 0 Å². The van der Waals surface area contributed by atoms with Crippen molar-refractivity contribution in [1.82, 2.24) is 10.2 Å². The molecule has 1 rings (SSSR count). The van der Waals surface area contributed by atoms with Gasteiger partial charge in [-0.3, -0.25) is 9.59 Å². The quantitative estimate of drug-likeness (QED) is 0.627. The van der Waals surface area contributed by atoms with Gasteiger partial charge in [0.05, 0.1) is 13.2 Å². The molecule has 3 N–H and O–H groups in total. The number of hydrogen-bond acceptors (Lipinski definition) is 4. The summed E-state index contributed by atoms with van der Waals surface area (Å²) in [6, 6.07) is -0.481. The van der Waals surface area contributed by atoms with Crippen LogP contribution in [0.1, 0.15) is 25.7 Å². The number of carbonyl (C=O) groups is 2. The number of ether oxygens (including phenoxy) is 1. The van der Waals surface area contributed by atoms with E-state index in [4.69, 9.17) is 10.5 Å². The molecule has 18 heavy (non-hydrogen) atoms. The van der Waals surface area contributed by atoms with Crippen molar-refractivity contribution in [2.24, 2.45) is 5.73 Å². The Morgan fingerprint density at radius 2 is 2.17 bits per heavy atom. The Hall–Kier alpha value is -1.14. The molecule has 1 fully saturated rings. The molecule has 0 spiro atoms. The molecular formula is C12H23N3O3. The number of nitrogens with two attached hydrogens (primary N) is 1. The molecule has 0 aromatic carbocycles. The first kappa shape index (κ1) is 14.9. The van der Waals surface area contributed by atoms with Crippen molar-refractivity contribution in [1.29, 1.82) is 0 Å². The van der Waals surface area contributed by atoms with Gasteiger partial charge in [0.1, 0.15) is 6.04 Å². The van der Waals surface area contributed by atoms with Crippen LogP contribution in [0, 0.1) is 0 Å². The molecule has 6 nitrogen and oxygen atoms in total. The zero-order valence-corrected chi connectivity index (χ0v) is 11.0. The van der Waals surface area contributed by atoms with E-state index in [0.717, 1.165) is 19.3 Å². The van der Waals surface area contributed by atoms with Crippen LogP contribution in [0.5, 0.6) is 0 Å². The topological polar surface area (TPSA) is 84.7 Å². The van der Waals surface area contributed by atoms with Gasteiger partial charge in [-0.05, 0) is 19.4 Å². The fraction of sp³-hybridized carbons (Fsp3) is 0.833. The molecule has 0 aromatic heterocycles. The molecule has 0 saturated carbocycles. The van der Waals surface area contributed by atoms with Crippen molar-refractivity contribution >= 4 is 11.8 Å². The Balaban J connectivity index is 2.44. The van der Waals surface area contributed by atoms with Gasteiger partial charge >= 0.3 is 0 Å². The summed E-state index contributed by atoms with van der Waals surface area (Å²) >= 11 is 0. The van der Waals surface area contributed by atoms with E-state index in [1.54, 1.807) is 11.9 Å². The molecule has 1 heterocycles. The largest absolute Gasteiger partial charge is 0.377 e. The highest BCUT2D eigenvalue weighted by molar-refractivity contribution is 5.87. The molecule has 0 aliphatic carbocycles. The van der Waals surface area contributed by atoms with Gasteiger partial charge in [0, 0.05) is 20.0 Å². The van der Waals surface area contributed by atoms with E-state index in [-0.39, 0.29) is 18.4 Å². The van der Waals surface area contributed by atoms with E-state index in [1.165, 1.54) is 0 Å². The lowest BCUT2D eigenvalue weighted by Gasteiger charge is -2.34. The molecule has 0 radical (unpaired) electrons. The first-order chi connectivity index (χ1) is 8.70. The lowest BCUT2D eigenvalue weighted by atomic mass is 10.1. The summed E-state index contributed by atoms with van der Waals surface area (Å²) in [5.41, 5.74) is 5.40. The van der Waals surface area contributed by atoms with Crippen LogP contribution in [0.3, 0.4) is 0 Å². The summed E-state index contributed by atoms with van der Waals surface area (Å²) in [4.78, 5) is 25.3. The molecule has 1 atom stereocenters. The summed E-state index contributed by atoms with van der Waals surface area (Å²) in [5.74, 6) is -0.131. The van der Waals surface area contributed by atoms with Gasteiger partial charge in [0.25, 0.3) is 0 Å². The number of nitrogens with one attached hydrogen (secondary N) is 1. The fourth-order valence-corrected chi connectivity index (χ4v) is 2.03. The first-order valence-corrected chi connectivity index (χ1v) is 6.49. The predicted octanol–water partition coefficient (Wildman–Crippen LogP) is -0.521. The Labute approximate surface area is 108 Å². The van der Waals surface area contributed by atoms with Crippen LogP contribution in [-0.4, -0.2) is 56.1 Å². The standard InChI is InChI=1S/C12H23N3O3/c1-14-12(17)10-9-18-8-7-15(10)11(16)5-3-2-4-6-13/h10H,2-9,13H2,1H3,(H,14,17). The number of unbranched alkanes of at least 4 members (excludes halogenated alkanes) is 2. The zero-order chi connectivity index (χ0) is 13.4. The van der Waals surface area contributed by atoms with Crippen LogP contribution in [0.25, 0.3) is 0 Å². The summed E-state index contributed by atoms with van der Waals surface area (Å²) in [6.07, 6.45) is 3.20. The van der Waals surface area contributed by atoms with E-state index in [0.29, 0.717) is 26.1 Å². The fourth-order valence-electron chi connectivity index (χ4n) is 2.03. The molecule has 104 valence electrons. The number of carbonyl (C=O) groups excluding carboxylic acids is 2. The number of nitrogens with zero attached hydrogens (tertiary/aromatic N) is 1. The van der Waals surface area contributed by atoms with Gasteiger partial charge in [-0.1, -0.05) is 6.42 Å². The maximum absolute atomic E-state index is 12.1. The summed E-state index contributed by atoms with van der Waals surface area (Å²) < 4.78 is 5.26. The highest BCUT2D eigenvalue weighted by Crippen LogP contribution is 2.11. The van der Waals surface area contributed by atoms with Crippen molar-refractivity contribution in [2.75, 3.05) is 33.4 Å². The average molecular weight is 257 g/mol.